The number of hydrogen-bond acceptors (Lipinski definition) is 5. The first-order valence-electron chi connectivity index (χ1n) is 8.83. The quantitative estimate of drug-likeness (QED) is 0.381. The third-order valence-electron chi connectivity index (χ3n) is 4.57. The van der Waals surface area contributed by atoms with Crippen LogP contribution in [0.4, 0.5) is 20.3 Å². The summed E-state index contributed by atoms with van der Waals surface area (Å²) in [6.07, 6.45) is 3.34. The second-order valence-corrected chi connectivity index (χ2v) is 6.67. The number of rotatable bonds is 8. The number of halogens is 2. The van der Waals surface area contributed by atoms with Crippen LogP contribution >= 0.6 is 0 Å². The SMILES string of the molecule is O=CCC=Cc1ccc([N+](=O)[O-])c(N(Cc2ccccc2)C2CC(F)(F)C2)n1. The smallest absolute Gasteiger partial charge is 0.311 e. The van der Waals surface area contributed by atoms with Gasteiger partial charge in [-0.3, -0.25) is 10.1 Å². The number of anilines is 1. The van der Waals surface area contributed by atoms with Crippen LogP contribution in [0.2, 0.25) is 0 Å². The fourth-order valence-corrected chi connectivity index (χ4v) is 3.15. The van der Waals surface area contributed by atoms with Crippen LogP contribution < -0.4 is 4.90 Å². The molecular formula is C20H19F2N3O3. The average molecular weight is 387 g/mol. The summed E-state index contributed by atoms with van der Waals surface area (Å²) in [5.41, 5.74) is 1.03. The minimum absolute atomic E-state index is 0.0580. The van der Waals surface area contributed by atoms with Gasteiger partial charge in [-0.2, -0.15) is 0 Å². The molecule has 3 rings (SSSR count). The molecule has 1 heterocycles. The number of benzene rings is 1. The zero-order valence-corrected chi connectivity index (χ0v) is 15.0. The molecule has 0 radical (unpaired) electrons. The normalized spacial score (nSPS) is 15.9. The number of hydrogen-bond donors (Lipinski definition) is 0. The Kier molecular flexibility index (Phi) is 5.77. The fourth-order valence-electron chi connectivity index (χ4n) is 3.15. The van der Waals surface area contributed by atoms with E-state index < -0.39 is 16.9 Å². The van der Waals surface area contributed by atoms with Crippen LogP contribution in [0.25, 0.3) is 6.08 Å². The Labute approximate surface area is 160 Å². The topological polar surface area (TPSA) is 76.3 Å². The molecule has 6 nitrogen and oxygen atoms in total. The minimum Gasteiger partial charge on any atom is -0.343 e. The van der Waals surface area contributed by atoms with Gasteiger partial charge in [0.25, 0.3) is 5.92 Å². The summed E-state index contributed by atoms with van der Waals surface area (Å²) >= 11 is 0. The highest BCUT2D eigenvalue weighted by Crippen LogP contribution is 2.43. The van der Waals surface area contributed by atoms with Crippen LogP contribution in [0.15, 0.2) is 48.5 Å². The number of aromatic nitrogens is 1. The lowest BCUT2D eigenvalue weighted by Gasteiger charge is -2.43. The summed E-state index contributed by atoms with van der Waals surface area (Å²) in [6.45, 7) is 0.233. The first kappa shape index (κ1) is 19.6. The van der Waals surface area contributed by atoms with Gasteiger partial charge in [0.05, 0.1) is 10.6 Å². The van der Waals surface area contributed by atoms with Crippen LogP contribution in [0.5, 0.6) is 0 Å². The van der Waals surface area contributed by atoms with Gasteiger partial charge in [0.2, 0.25) is 5.82 Å². The van der Waals surface area contributed by atoms with E-state index in [0.29, 0.717) is 5.69 Å². The molecule has 8 heteroatoms. The maximum absolute atomic E-state index is 13.5. The van der Waals surface area contributed by atoms with Crippen molar-refractivity contribution in [1.29, 1.82) is 0 Å². The summed E-state index contributed by atoms with van der Waals surface area (Å²) < 4.78 is 27.0. The Morgan fingerprint density at radius 1 is 1.21 bits per heavy atom. The van der Waals surface area contributed by atoms with E-state index >= 15 is 0 Å². The Bertz CT molecular complexity index is 880. The van der Waals surface area contributed by atoms with Crippen molar-refractivity contribution >= 4 is 23.9 Å². The molecule has 28 heavy (non-hydrogen) atoms. The van der Waals surface area contributed by atoms with Crippen LogP contribution in [-0.4, -0.2) is 28.2 Å². The molecule has 0 N–H and O–H groups in total. The van der Waals surface area contributed by atoms with Crippen LogP contribution in [-0.2, 0) is 11.3 Å². The highest BCUT2D eigenvalue weighted by atomic mass is 19.3. The molecule has 0 spiro atoms. The molecule has 1 aliphatic carbocycles. The maximum Gasteiger partial charge on any atom is 0.311 e. The highest BCUT2D eigenvalue weighted by Gasteiger charge is 2.49. The Morgan fingerprint density at radius 3 is 2.54 bits per heavy atom. The van der Waals surface area contributed by atoms with Gasteiger partial charge in [-0.15, -0.1) is 0 Å². The maximum atomic E-state index is 13.5. The molecule has 1 aromatic carbocycles. The summed E-state index contributed by atoms with van der Waals surface area (Å²) in [5.74, 6) is -2.71. The largest absolute Gasteiger partial charge is 0.343 e. The zero-order chi connectivity index (χ0) is 20.1. The third-order valence-corrected chi connectivity index (χ3v) is 4.57. The van der Waals surface area contributed by atoms with Crippen LogP contribution in [0, 0.1) is 10.1 Å². The predicted molar refractivity (Wildman–Crippen MR) is 101 cm³/mol. The van der Waals surface area contributed by atoms with Crippen LogP contribution in [0.1, 0.15) is 30.5 Å². The van der Waals surface area contributed by atoms with Crippen molar-refractivity contribution in [1.82, 2.24) is 4.98 Å². The van der Waals surface area contributed by atoms with Gasteiger partial charge < -0.3 is 9.69 Å². The second-order valence-electron chi connectivity index (χ2n) is 6.67. The number of pyridine rings is 1. The van der Waals surface area contributed by atoms with E-state index in [0.717, 1.165) is 11.8 Å². The van der Waals surface area contributed by atoms with Gasteiger partial charge in [-0.1, -0.05) is 36.4 Å². The molecule has 0 bridgehead atoms. The van der Waals surface area contributed by atoms with Crippen molar-refractivity contribution in [3.05, 3.63) is 69.9 Å². The summed E-state index contributed by atoms with van der Waals surface area (Å²) in [4.78, 5) is 27.4. The van der Waals surface area contributed by atoms with Crippen molar-refractivity contribution < 1.29 is 18.5 Å². The monoisotopic (exact) mass is 387 g/mol. The number of alkyl halides is 2. The van der Waals surface area contributed by atoms with Crippen molar-refractivity contribution in [2.45, 2.75) is 37.8 Å². The summed E-state index contributed by atoms with van der Waals surface area (Å²) in [5, 5.41) is 11.5. The first-order chi connectivity index (χ1) is 13.4. The number of carbonyl (C=O) groups is 1. The molecule has 2 aromatic rings. The van der Waals surface area contributed by atoms with E-state index in [1.54, 1.807) is 17.1 Å². The van der Waals surface area contributed by atoms with Crippen molar-refractivity contribution in [3.63, 3.8) is 0 Å². The van der Waals surface area contributed by atoms with Gasteiger partial charge in [0, 0.05) is 37.9 Å². The lowest BCUT2D eigenvalue weighted by atomic mass is 9.86. The van der Waals surface area contributed by atoms with Gasteiger partial charge >= 0.3 is 5.69 Å². The standard InChI is InChI=1S/C20H19F2N3O3/c21-20(22)12-17(13-20)24(14-15-6-2-1-3-7-15)19-18(25(27)28)10-9-16(23-19)8-4-5-11-26/h1-4,6-11,17H,5,12-14H2. The van der Waals surface area contributed by atoms with E-state index in [9.17, 15) is 23.7 Å². The molecule has 0 aliphatic heterocycles. The molecule has 1 saturated carbocycles. The highest BCUT2D eigenvalue weighted by molar-refractivity contribution is 5.64. The van der Waals surface area contributed by atoms with Crippen molar-refractivity contribution in [2.24, 2.45) is 0 Å². The second kappa shape index (κ2) is 8.24. The lowest BCUT2D eigenvalue weighted by molar-refractivity contribution is -0.384. The summed E-state index contributed by atoms with van der Waals surface area (Å²) in [7, 11) is 0. The third kappa shape index (κ3) is 4.57. The molecule has 0 amide bonds. The van der Waals surface area contributed by atoms with E-state index in [4.69, 9.17) is 0 Å². The minimum atomic E-state index is -2.77. The van der Waals surface area contributed by atoms with Gasteiger partial charge in [0.1, 0.15) is 6.29 Å². The van der Waals surface area contributed by atoms with Gasteiger partial charge in [0.15, 0.2) is 0 Å². The Morgan fingerprint density at radius 2 is 1.93 bits per heavy atom. The number of nitro groups is 1. The molecule has 146 valence electrons. The predicted octanol–water partition coefficient (Wildman–Crippen LogP) is 4.40. The molecule has 1 aromatic heterocycles. The zero-order valence-electron chi connectivity index (χ0n) is 15.0. The Hall–Kier alpha value is -3.16. The molecular weight excluding hydrogens is 368 g/mol. The molecule has 0 atom stereocenters. The number of carbonyl (C=O) groups excluding carboxylic acids is 1. The van der Waals surface area contributed by atoms with E-state index in [1.165, 1.54) is 12.1 Å². The molecule has 1 fully saturated rings. The lowest BCUT2D eigenvalue weighted by Crippen LogP contribution is -2.51. The number of nitrogens with zero attached hydrogens (tertiary/aromatic N) is 3. The average Bonchev–Trinajstić information content (AvgIpc) is 2.65. The first-order valence-corrected chi connectivity index (χ1v) is 8.83. The summed E-state index contributed by atoms with van der Waals surface area (Å²) in [6, 6.07) is 11.4. The molecule has 0 saturated heterocycles. The number of aldehydes is 1. The Balaban J connectivity index is 2.00. The van der Waals surface area contributed by atoms with Crippen LogP contribution in [0.3, 0.4) is 0 Å². The molecule has 0 unspecified atom stereocenters. The van der Waals surface area contributed by atoms with E-state index in [2.05, 4.69) is 4.98 Å². The van der Waals surface area contributed by atoms with Gasteiger partial charge in [-0.25, -0.2) is 13.8 Å². The van der Waals surface area contributed by atoms with Gasteiger partial charge in [-0.05, 0) is 17.7 Å². The fraction of sp³-hybridized carbons (Fsp3) is 0.300. The van der Waals surface area contributed by atoms with E-state index in [1.807, 2.05) is 30.3 Å². The van der Waals surface area contributed by atoms with Crippen molar-refractivity contribution in [3.8, 4) is 0 Å². The van der Waals surface area contributed by atoms with Crippen molar-refractivity contribution in [2.75, 3.05) is 4.90 Å². The number of allylic oxidation sites excluding steroid dienone is 1. The molecule has 1 aliphatic rings. The van der Waals surface area contributed by atoms with E-state index in [-0.39, 0.29) is 37.3 Å².